The molecule has 0 aliphatic heterocycles. The zero-order valence-corrected chi connectivity index (χ0v) is 10.0. The van der Waals surface area contributed by atoms with Crippen molar-refractivity contribution >= 4 is 0 Å². The molecule has 0 bridgehead atoms. The zero-order valence-electron chi connectivity index (χ0n) is 10.0. The topological polar surface area (TPSA) is 68.4 Å². The lowest BCUT2D eigenvalue weighted by Crippen LogP contribution is -1.99. The first kappa shape index (κ1) is 12.5. The molecule has 4 heteroatoms. The normalized spacial score (nSPS) is 10.3. The number of nitrogens with two attached hydrogens (primary N) is 1. The molecule has 1 heterocycles. The summed E-state index contributed by atoms with van der Waals surface area (Å²) in [6, 6.07) is 11.3. The van der Waals surface area contributed by atoms with Gasteiger partial charge in [-0.25, -0.2) is 0 Å². The fourth-order valence-electron chi connectivity index (χ4n) is 1.65. The van der Waals surface area contributed by atoms with Crippen molar-refractivity contribution in [3.63, 3.8) is 0 Å². The monoisotopic (exact) mass is 244 g/mol. The highest BCUT2D eigenvalue weighted by molar-refractivity contribution is 5.37. The molecule has 4 nitrogen and oxygen atoms in total. The van der Waals surface area contributed by atoms with Gasteiger partial charge in [0.05, 0.1) is 11.9 Å². The van der Waals surface area contributed by atoms with Crippen molar-refractivity contribution in [2.75, 3.05) is 6.61 Å². The zero-order chi connectivity index (χ0) is 12.8. The summed E-state index contributed by atoms with van der Waals surface area (Å²) in [7, 11) is 0. The lowest BCUT2D eigenvalue weighted by molar-refractivity contribution is 0.298. The third kappa shape index (κ3) is 3.06. The smallest absolute Gasteiger partial charge is 0.145 e. The summed E-state index contributed by atoms with van der Waals surface area (Å²) in [5, 5.41) is 9.00. The number of aliphatic hydroxyl groups excluding tert-OH is 1. The summed E-state index contributed by atoms with van der Waals surface area (Å²) in [5.41, 5.74) is 7.28. The Balaban J connectivity index is 2.17. The van der Waals surface area contributed by atoms with Crippen LogP contribution in [0.1, 0.15) is 11.3 Å². The van der Waals surface area contributed by atoms with Crippen LogP contribution in [-0.2, 0) is 13.0 Å². The van der Waals surface area contributed by atoms with Crippen molar-refractivity contribution in [1.82, 2.24) is 4.98 Å². The van der Waals surface area contributed by atoms with Gasteiger partial charge in [-0.05, 0) is 30.2 Å². The molecule has 94 valence electrons. The first-order valence-electron chi connectivity index (χ1n) is 5.85. The van der Waals surface area contributed by atoms with E-state index >= 15 is 0 Å². The molecule has 2 aromatic rings. The van der Waals surface area contributed by atoms with Gasteiger partial charge in [0, 0.05) is 13.2 Å². The molecule has 2 rings (SSSR count). The van der Waals surface area contributed by atoms with E-state index in [-0.39, 0.29) is 6.61 Å². The maximum absolute atomic E-state index is 9.00. The minimum absolute atomic E-state index is 0.102. The van der Waals surface area contributed by atoms with Gasteiger partial charge < -0.3 is 15.6 Å². The van der Waals surface area contributed by atoms with Crippen molar-refractivity contribution in [3.05, 3.63) is 53.9 Å². The Kier molecular flexibility index (Phi) is 4.28. The minimum atomic E-state index is 0.102. The van der Waals surface area contributed by atoms with E-state index < -0.39 is 0 Å². The molecule has 18 heavy (non-hydrogen) atoms. The Labute approximate surface area is 106 Å². The summed E-state index contributed by atoms with van der Waals surface area (Å²) in [5.74, 6) is 1.41. The number of benzene rings is 1. The van der Waals surface area contributed by atoms with Crippen molar-refractivity contribution in [1.29, 1.82) is 0 Å². The van der Waals surface area contributed by atoms with E-state index in [0.29, 0.717) is 18.7 Å². The molecule has 0 spiro atoms. The highest BCUT2D eigenvalue weighted by atomic mass is 16.5. The standard InChI is InChI=1S/C14H16N2O2/c15-9-12-5-6-13(10-16-12)18-14-4-2-1-3-11(14)7-8-17/h1-6,10,17H,7-9,15H2. The van der Waals surface area contributed by atoms with Crippen LogP contribution in [0.4, 0.5) is 0 Å². The van der Waals surface area contributed by atoms with Crippen LogP contribution in [0.5, 0.6) is 11.5 Å². The second-order valence-corrected chi connectivity index (χ2v) is 3.87. The second kappa shape index (κ2) is 6.14. The average molecular weight is 244 g/mol. The number of ether oxygens (including phenoxy) is 1. The third-order valence-electron chi connectivity index (χ3n) is 2.59. The van der Waals surface area contributed by atoms with E-state index in [2.05, 4.69) is 4.98 Å². The summed E-state index contributed by atoms with van der Waals surface area (Å²) >= 11 is 0. The number of aromatic nitrogens is 1. The van der Waals surface area contributed by atoms with Gasteiger partial charge in [0.2, 0.25) is 0 Å². The number of hydrogen-bond donors (Lipinski definition) is 2. The van der Waals surface area contributed by atoms with E-state index in [0.717, 1.165) is 17.0 Å². The van der Waals surface area contributed by atoms with Gasteiger partial charge in [0.1, 0.15) is 11.5 Å². The molecule has 0 amide bonds. The first-order chi connectivity index (χ1) is 8.83. The minimum Gasteiger partial charge on any atom is -0.455 e. The Hall–Kier alpha value is -1.91. The summed E-state index contributed by atoms with van der Waals surface area (Å²) in [6.45, 7) is 0.520. The molecule has 0 aliphatic carbocycles. The Bertz CT molecular complexity index is 497. The van der Waals surface area contributed by atoms with Gasteiger partial charge in [-0.2, -0.15) is 0 Å². The lowest BCUT2D eigenvalue weighted by Gasteiger charge is -2.10. The van der Waals surface area contributed by atoms with Gasteiger partial charge in [0.15, 0.2) is 0 Å². The van der Waals surface area contributed by atoms with Crippen LogP contribution in [0, 0.1) is 0 Å². The van der Waals surface area contributed by atoms with Crippen molar-refractivity contribution in [2.24, 2.45) is 5.73 Å². The molecular weight excluding hydrogens is 228 g/mol. The lowest BCUT2D eigenvalue weighted by atomic mass is 10.1. The van der Waals surface area contributed by atoms with Crippen LogP contribution in [0.3, 0.4) is 0 Å². The number of para-hydroxylation sites is 1. The number of nitrogens with zero attached hydrogens (tertiary/aromatic N) is 1. The number of aliphatic hydroxyl groups is 1. The van der Waals surface area contributed by atoms with Gasteiger partial charge in [-0.15, -0.1) is 0 Å². The molecule has 1 aromatic carbocycles. The van der Waals surface area contributed by atoms with Gasteiger partial charge in [0.25, 0.3) is 0 Å². The van der Waals surface area contributed by atoms with Crippen molar-refractivity contribution in [2.45, 2.75) is 13.0 Å². The van der Waals surface area contributed by atoms with E-state index in [4.69, 9.17) is 15.6 Å². The number of pyridine rings is 1. The molecule has 0 atom stereocenters. The van der Waals surface area contributed by atoms with E-state index in [1.165, 1.54) is 0 Å². The quantitative estimate of drug-likeness (QED) is 0.842. The Morgan fingerprint density at radius 2 is 2.00 bits per heavy atom. The Morgan fingerprint density at radius 1 is 1.17 bits per heavy atom. The highest BCUT2D eigenvalue weighted by Gasteiger charge is 2.04. The highest BCUT2D eigenvalue weighted by Crippen LogP contribution is 2.25. The number of rotatable bonds is 5. The fourth-order valence-corrected chi connectivity index (χ4v) is 1.65. The summed E-state index contributed by atoms with van der Waals surface area (Å²) < 4.78 is 5.75. The van der Waals surface area contributed by atoms with Crippen LogP contribution in [0.25, 0.3) is 0 Å². The molecule has 0 saturated heterocycles. The van der Waals surface area contributed by atoms with Crippen LogP contribution in [0.2, 0.25) is 0 Å². The first-order valence-corrected chi connectivity index (χ1v) is 5.85. The van der Waals surface area contributed by atoms with Gasteiger partial charge >= 0.3 is 0 Å². The van der Waals surface area contributed by atoms with Crippen LogP contribution in [0.15, 0.2) is 42.6 Å². The van der Waals surface area contributed by atoms with E-state index in [1.807, 2.05) is 36.4 Å². The molecule has 0 fully saturated rings. The van der Waals surface area contributed by atoms with Gasteiger partial charge in [-0.3, -0.25) is 4.98 Å². The third-order valence-corrected chi connectivity index (χ3v) is 2.59. The fraction of sp³-hybridized carbons (Fsp3) is 0.214. The summed E-state index contributed by atoms with van der Waals surface area (Å²) in [4.78, 5) is 4.17. The van der Waals surface area contributed by atoms with Crippen molar-refractivity contribution in [3.8, 4) is 11.5 Å². The maximum atomic E-state index is 9.00. The summed E-state index contributed by atoms with van der Waals surface area (Å²) in [6.07, 6.45) is 2.22. The molecule has 1 aromatic heterocycles. The molecule has 0 unspecified atom stereocenters. The number of hydrogen-bond acceptors (Lipinski definition) is 4. The van der Waals surface area contributed by atoms with E-state index in [9.17, 15) is 0 Å². The van der Waals surface area contributed by atoms with Crippen LogP contribution >= 0.6 is 0 Å². The maximum Gasteiger partial charge on any atom is 0.145 e. The van der Waals surface area contributed by atoms with Crippen molar-refractivity contribution < 1.29 is 9.84 Å². The van der Waals surface area contributed by atoms with Crippen LogP contribution in [-0.4, -0.2) is 16.7 Å². The average Bonchev–Trinajstić information content (AvgIpc) is 2.42. The van der Waals surface area contributed by atoms with Crippen LogP contribution < -0.4 is 10.5 Å². The SMILES string of the molecule is NCc1ccc(Oc2ccccc2CCO)cn1. The molecule has 0 aliphatic rings. The van der Waals surface area contributed by atoms with E-state index in [1.54, 1.807) is 6.20 Å². The largest absolute Gasteiger partial charge is 0.455 e. The molecular formula is C14H16N2O2. The molecule has 3 N–H and O–H groups in total. The van der Waals surface area contributed by atoms with Gasteiger partial charge in [-0.1, -0.05) is 18.2 Å². The predicted molar refractivity (Wildman–Crippen MR) is 69.4 cm³/mol. The predicted octanol–water partition coefficient (Wildman–Crippen LogP) is 1.87. The molecule has 0 saturated carbocycles. The molecule has 0 radical (unpaired) electrons. The second-order valence-electron chi connectivity index (χ2n) is 3.87. The Morgan fingerprint density at radius 3 is 2.67 bits per heavy atom.